The van der Waals surface area contributed by atoms with Crippen LogP contribution >= 0.6 is 0 Å². The first-order chi connectivity index (χ1) is 19.1. The summed E-state index contributed by atoms with van der Waals surface area (Å²) in [6.07, 6.45) is 0. The molecule has 0 saturated heterocycles. The van der Waals surface area contributed by atoms with E-state index >= 15 is 0 Å². The van der Waals surface area contributed by atoms with Crippen LogP contribution in [0.15, 0.2) is 42.5 Å². The maximum atomic E-state index is 2.52. The van der Waals surface area contributed by atoms with Crippen LogP contribution in [0.1, 0.15) is 158 Å². The van der Waals surface area contributed by atoms with Crippen LogP contribution in [0, 0.1) is 0 Å². The van der Waals surface area contributed by atoms with E-state index in [1.54, 1.807) is 0 Å². The Kier molecular flexibility index (Phi) is 9.49. The molecule has 0 bridgehead atoms. The van der Waals surface area contributed by atoms with Gasteiger partial charge in [0.25, 0.3) is 0 Å². The first-order valence-electron chi connectivity index (χ1n) is 16.3. The number of rotatable bonds is 2. The molecule has 3 rings (SSSR count). The minimum atomic E-state index is 0.0105. The molecule has 3 radical (unpaired) electrons. The zero-order valence-corrected chi connectivity index (χ0v) is 33.9. The van der Waals surface area contributed by atoms with Gasteiger partial charge < -0.3 is 0 Å². The van der Waals surface area contributed by atoms with E-state index in [9.17, 15) is 0 Å². The van der Waals surface area contributed by atoms with Gasteiger partial charge in [0.05, 0.1) is 0 Å². The van der Waals surface area contributed by atoms with Crippen molar-refractivity contribution in [3.8, 4) is 22.3 Å². The molecule has 0 amide bonds. The van der Waals surface area contributed by atoms with Gasteiger partial charge in [0, 0.05) is 0 Å². The average Bonchev–Trinajstić information content (AvgIpc) is 2.79. The van der Waals surface area contributed by atoms with Crippen molar-refractivity contribution in [2.24, 2.45) is 0 Å². The van der Waals surface area contributed by atoms with Gasteiger partial charge in [-0.1, -0.05) is 0 Å². The summed E-state index contributed by atoms with van der Waals surface area (Å²) in [5.74, 6) is 0. The standard InChI is InChI=1S/C42H61.Sn/c1-37(2,3)29-23-31(39(7,8)9)35(32(24-29)40(10,11)12)27-20-19-21-28(22-27)36-33(41(13,14)15)25-30(38(4,5)6)26-34(36)42(16,17)18;/h19-21,23-26H,1-18H3;. The van der Waals surface area contributed by atoms with Crippen molar-refractivity contribution >= 4 is 26.1 Å². The molecular weight excluding hydrogens is 623 g/mol. The van der Waals surface area contributed by atoms with Gasteiger partial charge in [0.2, 0.25) is 0 Å². The fourth-order valence-electron chi connectivity index (χ4n) is 6.07. The zero-order valence-electron chi connectivity index (χ0n) is 31.0. The monoisotopic (exact) mass is 685 g/mol. The van der Waals surface area contributed by atoms with Gasteiger partial charge in [-0.3, -0.25) is 0 Å². The quantitative estimate of drug-likeness (QED) is 0.236. The van der Waals surface area contributed by atoms with Gasteiger partial charge >= 0.3 is 281 Å². The molecule has 0 heterocycles. The average molecular weight is 685 g/mol. The summed E-state index contributed by atoms with van der Waals surface area (Å²) in [6, 6.07) is 17.2. The second kappa shape index (κ2) is 11.4. The molecule has 0 spiro atoms. The number of hydrogen-bond donors (Lipinski definition) is 0. The molecule has 43 heavy (non-hydrogen) atoms. The molecule has 3 aromatic rings. The molecule has 0 aromatic heterocycles. The molecule has 3 aromatic carbocycles. The van der Waals surface area contributed by atoms with E-state index in [1.807, 2.05) is 0 Å². The van der Waals surface area contributed by atoms with E-state index in [0.29, 0.717) is 0 Å². The molecule has 0 aliphatic heterocycles. The molecular formula is C42H61Sn. The fourth-order valence-corrected chi connectivity index (χ4v) is 7.25. The third-order valence-electron chi connectivity index (χ3n) is 8.84. The van der Waals surface area contributed by atoms with E-state index in [4.69, 9.17) is 0 Å². The predicted molar refractivity (Wildman–Crippen MR) is 195 cm³/mol. The van der Waals surface area contributed by atoms with Gasteiger partial charge in [0.15, 0.2) is 0 Å². The molecule has 0 atom stereocenters. The van der Waals surface area contributed by atoms with Gasteiger partial charge in [-0.25, -0.2) is 0 Å². The van der Waals surface area contributed by atoms with Gasteiger partial charge in [0.1, 0.15) is 0 Å². The van der Waals surface area contributed by atoms with E-state index in [2.05, 4.69) is 167 Å². The Labute approximate surface area is 280 Å². The van der Waals surface area contributed by atoms with Crippen molar-refractivity contribution in [2.75, 3.05) is 0 Å². The molecule has 1 heteroatoms. The van der Waals surface area contributed by atoms with Crippen LogP contribution in [0.4, 0.5) is 0 Å². The second-order valence-corrected chi connectivity index (χ2v) is 20.5. The SMILES string of the molecule is CC(C)(C)c1cc(C(C)(C)C)c(-c2cccc(-c3c(C(C)(C)C)cc(C(C)(C)C)cc3C(C)(C)C)[c]2[Sn])c(C(C)(C)C)c1. The van der Waals surface area contributed by atoms with Crippen LogP contribution in [0.25, 0.3) is 22.3 Å². The van der Waals surface area contributed by atoms with Crippen LogP contribution in [0.5, 0.6) is 0 Å². The first-order valence-corrected chi connectivity index (χ1v) is 17.7. The summed E-state index contributed by atoms with van der Waals surface area (Å²) in [7, 11) is 0. The maximum absolute atomic E-state index is 2.52. The third kappa shape index (κ3) is 7.65. The van der Waals surface area contributed by atoms with Crippen molar-refractivity contribution in [1.29, 1.82) is 0 Å². The number of hydrogen-bond acceptors (Lipinski definition) is 0. The van der Waals surface area contributed by atoms with Gasteiger partial charge in [-0.15, -0.1) is 0 Å². The Morgan fingerprint density at radius 1 is 0.372 bits per heavy atom. The summed E-state index contributed by atoms with van der Waals surface area (Å²) < 4.78 is 1.47. The van der Waals surface area contributed by atoms with Crippen LogP contribution in [0.2, 0.25) is 0 Å². The number of benzene rings is 3. The first kappa shape index (κ1) is 35.9. The van der Waals surface area contributed by atoms with E-state index in [0.717, 1.165) is 0 Å². The van der Waals surface area contributed by atoms with Crippen LogP contribution < -0.4 is 3.58 Å². The topological polar surface area (TPSA) is 0 Å². The molecule has 0 nitrogen and oxygen atoms in total. The Hall–Kier alpha value is -1.54. The molecule has 0 aliphatic rings. The Morgan fingerprint density at radius 3 is 0.791 bits per heavy atom. The Balaban J connectivity index is 2.61. The Bertz CT molecular complexity index is 1310. The fraction of sp³-hybridized carbons (Fsp3) is 0.571. The van der Waals surface area contributed by atoms with Crippen molar-refractivity contribution < 1.29 is 0 Å². The van der Waals surface area contributed by atoms with Crippen molar-refractivity contribution in [3.05, 3.63) is 75.8 Å². The second-order valence-electron chi connectivity index (χ2n) is 19.1. The van der Waals surface area contributed by atoms with E-state index in [1.165, 1.54) is 81.7 Å². The predicted octanol–water partition coefficient (Wildman–Crippen LogP) is 11.6. The zero-order chi connectivity index (χ0) is 33.3. The van der Waals surface area contributed by atoms with E-state index < -0.39 is 0 Å². The summed E-state index contributed by atoms with van der Waals surface area (Å²) >= 11 is 1.46. The molecule has 0 saturated carbocycles. The summed E-state index contributed by atoms with van der Waals surface area (Å²) in [4.78, 5) is 0. The van der Waals surface area contributed by atoms with Gasteiger partial charge in [-0.05, 0) is 0 Å². The molecule has 0 aliphatic carbocycles. The van der Waals surface area contributed by atoms with Crippen LogP contribution in [-0.4, -0.2) is 22.5 Å². The van der Waals surface area contributed by atoms with E-state index in [-0.39, 0.29) is 32.5 Å². The van der Waals surface area contributed by atoms with Crippen molar-refractivity contribution in [2.45, 2.75) is 157 Å². The molecule has 0 fully saturated rings. The van der Waals surface area contributed by atoms with Crippen molar-refractivity contribution in [3.63, 3.8) is 0 Å². The third-order valence-corrected chi connectivity index (χ3v) is 10.4. The van der Waals surface area contributed by atoms with Gasteiger partial charge in [-0.2, -0.15) is 0 Å². The summed E-state index contributed by atoms with van der Waals surface area (Å²) in [5.41, 5.74) is 14.6. The molecule has 0 N–H and O–H groups in total. The summed E-state index contributed by atoms with van der Waals surface area (Å²) in [5, 5.41) is 0. The Morgan fingerprint density at radius 2 is 0.605 bits per heavy atom. The van der Waals surface area contributed by atoms with Crippen molar-refractivity contribution in [1.82, 2.24) is 0 Å². The van der Waals surface area contributed by atoms with Crippen LogP contribution in [-0.2, 0) is 32.5 Å². The van der Waals surface area contributed by atoms with Crippen LogP contribution in [0.3, 0.4) is 0 Å². The molecule has 0 unspecified atom stereocenters. The summed E-state index contributed by atoms with van der Waals surface area (Å²) in [6.45, 7) is 42.7. The molecule has 233 valence electrons. The normalized spacial score (nSPS) is 13.9. The minimum absolute atomic E-state index is 0.0105.